The van der Waals surface area contributed by atoms with E-state index in [1.54, 1.807) is 6.92 Å². The normalized spacial score (nSPS) is 14.8. The van der Waals surface area contributed by atoms with Crippen molar-refractivity contribution in [2.24, 2.45) is 0 Å². The van der Waals surface area contributed by atoms with E-state index in [-0.39, 0.29) is 0 Å². The van der Waals surface area contributed by atoms with Crippen LogP contribution in [0.5, 0.6) is 0 Å². The van der Waals surface area contributed by atoms with E-state index >= 15 is 0 Å². The van der Waals surface area contributed by atoms with E-state index in [0.29, 0.717) is 5.56 Å². The molecule has 1 aromatic carbocycles. The lowest BCUT2D eigenvalue weighted by Crippen LogP contribution is -2.40. The van der Waals surface area contributed by atoms with Crippen molar-refractivity contribution in [3.8, 4) is 0 Å². The number of aliphatic hydroxyl groups excluding tert-OH is 1. The molecule has 0 spiro atoms. The third-order valence-electron chi connectivity index (χ3n) is 2.87. The molecule has 2 atom stereocenters. The second-order valence-electron chi connectivity index (χ2n) is 4.15. The minimum absolute atomic E-state index is 0.436. The molecule has 0 aliphatic rings. The topological polar surface area (TPSA) is 69.6 Å². The Balaban J connectivity index is 2.87. The number of carboxylic acid groups (broad SMARTS) is 1. The van der Waals surface area contributed by atoms with Gasteiger partial charge in [0.05, 0.1) is 18.2 Å². The number of benzene rings is 1. The van der Waals surface area contributed by atoms with Gasteiger partial charge in [0.2, 0.25) is 0 Å². The number of carbonyl (C=O) groups is 1. The number of hydrogen-bond donors (Lipinski definition) is 3. The smallest absolute Gasteiger partial charge is 0.416 e. The molecule has 3 N–H and O–H groups in total. The van der Waals surface area contributed by atoms with E-state index in [2.05, 4.69) is 5.32 Å². The molecule has 0 saturated carbocycles. The van der Waals surface area contributed by atoms with Gasteiger partial charge in [-0.15, -0.1) is 0 Å². The first-order valence-corrected chi connectivity index (χ1v) is 5.53. The molecular formula is C12H14F3NO3. The zero-order chi connectivity index (χ0) is 14.6. The van der Waals surface area contributed by atoms with Crippen molar-refractivity contribution in [3.05, 3.63) is 35.4 Å². The van der Waals surface area contributed by atoms with E-state index in [9.17, 15) is 18.0 Å². The van der Waals surface area contributed by atoms with E-state index < -0.39 is 36.4 Å². The Bertz CT molecular complexity index is 431. The van der Waals surface area contributed by atoms with Crippen molar-refractivity contribution in [1.29, 1.82) is 0 Å². The number of aliphatic hydroxyl groups is 1. The number of nitrogens with one attached hydrogen (secondary N) is 1. The minimum atomic E-state index is -4.41. The Hall–Kier alpha value is -1.76. The average molecular weight is 277 g/mol. The maximum Gasteiger partial charge on any atom is 0.416 e. The van der Waals surface area contributed by atoms with Crippen molar-refractivity contribution < 1.29 is 28.2 Å². The molecule has 1 amide bonds. The van der Waals surface area contributed by atoms with Crippen LogP contribution >= 0.6 is 0 Å². The first-order chi connectivity index (χ1) is 8.75. The largest absolute Gasteiger partial charge is 0.465 e. The molecule has 0 saturated heterocycles. The van der Waals surface area contributed by atoms with Gasteiger partial charge in [0.15, 0.2) is 0 Å². The molecule has 0 aliphatic carbocycles. The number of amides is 1. The third kappa shape index (κ3) is 4.13. The molecule has 0 unspecified atom stereocenters. The van der Waals surface area contributed by atoms with Gasteiger partial charge in [0.1, 0.15) is 0 Å². The van der Waals surface area contributed by atoms with Gasteiger partial charge in [-0.05, 0) is 17.7 Å². The molecule has 0 heterocycles. The number of halogens is 3. The summed E-state index contributed by atoms with van der Waals surface area (Å²) in [6.45, 7) is 1.19. The average Bonchev–Trinajstić information content (AvgIpc) is 2.34. The molecule has 0 aliphatic heterocycles. The van der Waals surface area contributed by atoms with Crippen LogP contribution in [0, 0.1) is 0 Å². The first-order valence-electron chi connectivity index (χ1n) is 5.53. The lowest BCUT2D eigenvalue weighted by Gasteiger charge is -2.22. The van der Waals surface area contributed by atoms with Gasteiger partial charge < -0.3 is 15.5 Å². The van der Waals surface area contributed by atoms with Crippen molar-refractivity contribution in [2.75, 3.05) is 6.61 Å². The number of alkyl halides is 3. The highest BCUT2D eigenvalue weighted by Crippen LogP contribution is 2.30. The summed E-state index contributed by atoms with van der Waals surface area (Å²) in [7, 11) is 0. The van der Waals surface area contributed by atoms with Gasteiger partial charge in [-0.1, -0.05) is 19.1 Å². The van der Waals surface area contributed by atoms with Crippen LogP contribution in [0.4, 0.5) is 18.0 Å². The van der Waals surface area contributed by atoms with Crippen molar-refractivity contribution in [1.82, 2.24) is 5.32 Å². The van der Waals surface area contributed by atoms with Gasteiger partial charge in [-0.2, -0.15) is 13.2 Å². The molecular weight excluding hydrogens is 263 g/mol. The molecule has 0 bridgehead atoms. The second kappa shape index (κ2) is 5.92. The fraction of sp³-hybridized carbons (Fsp3) is 0.417. The summed E-state index contributed by atoms with van der Waals surface area (Å²) in [6, 6.07) is 3.65. The maximum absolute atomic E-state index is 12.4. The van der Waals surface area contributed by atoms with E-state index in [1.807, 2.05) is 0 Å². The first kappa shape index (κ1) is 15.3. The SMILES string of the molecule is C[C@@H](c1ccc(C(F)(F)F)cc1)[C@@H](CO)NC(=O)O. The van der Waals surface area contributed by atoms with E-state index in [1.165, 1.54) is 12.1 Å². The van der Waals surface area contributed by atoms with E-state index in [4.69, 9.17) is 10.2 Å². The molecule has 106 valence electrons. The Morgan fingerprint density at radius 1 is 1.32 bits per heavy atom. The van der Waals surface area contributed by atoms with Crippen LogP contribution in [-0.2, 0) is 6.18 Å². The van der Waals surface area contributed by atoms with E-state index in [0.717, 1.165) is 12.1 Å². The quantitative estimate of drug-likeness (QED) is 0.791. The Morgan fingerprint density at radius 2 is 1.84 bits per heavy atom. The minimum Gasteiger partial charge on any atom is -0.465 e. The number of hydrogen-bond acceptors (Lipinski definition) is 2. The molecule has 7 heteroatoms. The fourth-order valence-corrected chi connectivity index (χ4v) is 1.70. The molecule has 0 radical (unpaired) electrons. The van der Waals surface area contributed by atoms with Crippen molar-refractivity contribution in [3.63, 3.8) is 0 Å². The highest BCUT2D eigenvalue weighted by Gasteiger charge is 2.30. The summed E-state index contributed by atoms with van der Waals surface area (Å²) in [5.74, 6) is -0.441. The van der Waals surface area contributed by atoms with Gasteiger partial charge in [-0.3, -0.25) is 0 Å². The number of rotatable bonds is 4. The van der Waals surface area contributed by atoms with Gasteiger partial charge >= 0.3 is 12.3 Å². The summed E-state index contributed by atoms with van der Waals surface area (Å²) >= 11 is 0. The van der Waals surface area contributed by atoms with Gasteiger partial charge in [-0.25, -0.2) is 4.79 Å². The highest BCUT2D eigenvalue weighted by atomic mass is 19.4. The van der Waals surface area contributed by atoms with Crippen LogP contribution < -0.4 is 5.32 Å². The van der Waals surface area contributed by atoms with Crippen LogP contribution in [0.3, 0.4) is 0 Å². The van der Waals surface area contributed by atoms with Crippen molar-refractivity contribution in [2.45, 2.75) is 25.1 Å². The van der Waals surface area contributed by atoms with Crippen LogP contribution in [0.25, 0.3) is 0 Å². The Kier molecular flexibility index (Phi) is 4.77. The molecule has 0 fully saturated rings. The van der Waals surface area contributed by atoms with Crippen molar-refractivity contribution >= 4 is 6.09 Å². The zero-order valence-electron chi connectivity index (χ0n) is 10.1. The van der Waals surface area contributed by atoms with Crippen LogP contribution in [-0.4, -0.2) is 29.0 Å². The molecule has 4 nitrogen and oxygen atoms in total. The summed E-state index contributed by atoms with van der Waals surface area (Å²) in [6.07, 6.45) is -5.70. The summed E-state index contributed by atoms with van der Waals surface area (Å²) in [4.78, 5) is 10.5. The zero-order valence-corrected chi connectivity index (χ0v) is 10.1. The monoisotopic (exact) mass is 277 g/mol. The highest BCUT2D eigenvalue weighted by molar-refractivity contribution is 5.65. The lowest BCUT2D eigenvalue weighted by atomic mass is 9.93. The Labute approximate surface area is 107 Å². The Morgan fingerprint density at radius 3 is 2.21 bits per heavy atom. The summed E-state index contributed by atoms with van der Waals surface area (Å²) in [5, 5.41) is 19.8. The van der Waals surface area contributed by atoms with Gasteiger partial charge in [0, 0.05) is 5.92 Å². The second-order valence-corrected chi connectivity index (χ2v) is 4.15. The van der Waals surface area contributed by atoms with Gasteiger partial charge in [0.25, 0.3) is 0 Å². The maximum atomic E-state index is 12.4. The molecule has 0 aromatic heterocycles. The van der Waals surface area contributed by atoms with Crippen LogP contribution in [0.15, 0.2) is 24.3 Å². The molecule has 1 rings (SSSR count). The van der Waals surface area contributed by atoms with Crippen LogP contribution in [0.1, 0.15) is 24.0 Å². The molecule has 1 aromatic rings. The third-order valence-corrected chi connectivity index (χ3v) is 2.87. The predicted molar refractivity (Wildman–Crippen MR) is 61.9 cm³/mol. The predicted octanol–water partition coefficient (Wildman–Crippen LogP) is 2.44. The summed E-state index contributed by atoms with van der Waals surface area (Å²) < 4.78 is 37.2. The standard InChI is InChI=1S/C12H14F3NO3/c1-7(10(6-17)16-11(18)19)8-2-4-9(5-3-8)12(13,14)15/h2-5,7,10,16-17H,6H2,1H3,(H,18,19)/t7-,10+/m0/s1. The van der Waals surface area contributed by atoms with Crippen LogP contribution in [0.2, 0.25) is 0 Å². The molecule has 19 heavy (non-hydrogen) atoms. The summed E-state index contributed by atoms with van der Waals surface area (Å²) in [5.41, 5.74) is -0.254. The lowest BCUT2D eigenvalue weighted by molar-refractivity contribution is -0.137. The fourth-order valence-electron chi connectivity index (χ4n) is 1.70.